The normalized spacial score (nSPS) is 33.2. The zero-order chi connectivity index (χ0) is 9.31. The third-order valence-electron chi connectivity index (χ3n) is 2.34. The fourth-order valence-corrected chi connectivity index (χ4v) is 1.52. The fraction of sp³-hybridized carbons (Fsp3) is 1.00. The van der Waals surface area contributed by atoms with E-state index in [4.69, 9.17) is 14.2 Å². The van der Waals surface area contributed by atoms with E-state index in [0.29, 0.717) is 12.6 Å². The van der Waals surface area contributed by atoms with Gasteiger partial charge in [-0.3, -0.25) is 0 Å². The van der Waals surface area contributed by atoms with Crippen molar-refractivity contribution in [1.29, 1.82) is 0 Å². The van der Waals surface area contributed by atoms with Gasteiger partial charge in [0.2, 0.25) is 0 Å². The van der Waals surface area contributed by atoms with Gasteiger partial charge in [0, 0.05) is 6.54 Å². The van der Waals surface area contributed by atoms with E-state index in [0.717, 1.165) is 19.8 Å². The Kier molecular flexibility index (Phi) is 2.55. The Balaban J connectivity index is 1.65. The van der Waals surface area contributed by atoms with Crippen molar-refractivity contribution in [3.05, 3.63) is 0 Å². The molecule has 2 aliphatic heterocycles. The third-order valence-corrected chi connectivity index (χ3v) is 2.34. The lowest BCUT2D eigenvalue weighted by Crippen LogP contribution is -2.48. The first-order valence-corrected chi connectivity index (χ1v) is 4.79. The van der Waals surface area contributed by atoms with Crippen molar-refractivity contribution in [3.63, 3.8) is 0 Å². The molecule has 1 N–H and O–H groups in total. The minimum Gasteiger partial charge on any atom is -0.378 e. The van der Waals surface area contributed by atoms with E-state index in [1.165, 1.54) is 0 Å². The molecule has 13 heavy (non-hydrogen) atoms. The summed E-state index contributed by atoms with van der Waals surface area (Å²) in [5.74, 6) is -0.400. The van der Waals surface area contributed by atoms with Crippen LogP contribution in [0.1, 0.15) is 13.8 Å². The van der Waals surface area contributed by atoms with E-state index < -0.39 is 5.79 Å². The van der Waals surface area contributed by atoms with Crippen LogP contribution in [-0.4, -0.2) is 44.3 Å². The van der Waals surface area contributed by atoms with Gasteiger partial charge in [0.05, 0.1) is 32.0 Å². The van der Waals surface area contributed by atoms with Crippen LogP contribution in [0.4, 0.5) is 0 Å². The van der Waals surface area contributed by atoms with Crippen molar-refractivity contribution in [2.45, 2.75) is 31.8 Å². The van der Waals surface area contributed by atoms with Crippen LogP contribution in [0.2, 0.25) is 0 Å². The maximum atomic E-state index is 5.64. The molecule has 4 nitrogen and oxygen atoms in total. The Bertz CT molecular complexity index is 180. The van der Waals surface area contributed by atoms with Crippen molar-refractivity contribution < 1.29 is 14.2 Å². The van der Waals surface area contributed by atoms with Gasteiger partial charge in [-0.15, -0.1) is 0 Å². The lowest BCUT2D eigenvalue weighted by atomic mass is 10.2. The molecular formula is C9H17NO3. The van der Waals surface area contributed by atoms with Gasteiger partial charge in [-0.05, 0) is 13.8 Å². The Morgan fingerprint density at radius 1 is 1.31 bits per heavy atom. The molecule has 1 atom stereocenters. The molecule has 4 heteroatoms. The first kappa shape index (κ1) is 9.40. The second-order valence-electron chi connectivity index (χ2n) is 4.09. The predicted octanol–water partition coefficient (Wildman–Crippen LogP) is 0.126. The standard InChI is InChI=1S/C9H17NO3/c1-9(2)12-6-8(13-9)3-10-7-4-11-5-7/h7-8,10H,3-6H2,1-2H3. The zero-order valence-electron chi connectivity index (χ0n) is 8.21. The first-order valence-electron chi connectivity index (χ1n) is 4.79. The van der Waals surface area contributed by atoms with Crippen molar-refractivity contribution in [2.24, 2.45) is 0 Å². The van der Waals surface area contributed by atoms with Gasteiger partial charge < -0.3 is 19.5 Å². The Morgan fingerprint density at radius 2 is 2.08 bits per heavy atom. The molecule has 2 rings (SSSR count). The summed E-state index contributed by atoms with van der Waals surface area (Å²) in [6.45, 7) is 7.10. The number of rotatable bonds is 3. The third kappa shape index (κ3) is 2.40. The summed E-state index contributed by atoms with van der Waals surface area (Å²) >= 11 is 0. The fourth-order valence-electron chi connectivity index (χ4n) is 1.52. The van der Waals surface area contributed by atoms with E-state index in [1.807, 2.05) is 13.8 Å². The maximum Gasteiger partial charge on any atom is 0.163 e. The topological polar surface area (TPSA) is 39.7 Å². The molecule has 0 aromatic rings. The van der Waals surface area contributed by atoms with Crippen LogP contribution in [0, 0.1) is 0 Å². The highest BCUT2D eigenvalue weighted by Crippen LogP contribution is 2.21. The van der Waals surface area contributed by atoms with Crippen LogP contribution in [-0.2, 0) is 14.2 Å². The first-order chi connectivity index (χ1) is 6.16. The summed E-state index contributed by atoms with van der Waals surface area (Å²) in [7, 11) is 0. The molecule has 1 unspecified atom stereocenters. The van der Waals surface area contributed by atoms with Gasteiger partial charge in [0.1, 0.15) is 0 Å². The average molecular weight is 187 g/mol. The van der Waals surface area contributed by atoms with Crippen molar-refractivity contribution in [1.82, 2.24) is 5.32 Å². The van der Waals surface area contributed by atoms with E-state index >= 15 is 0 Å². The minimum absolute atomic E-state index is 0.190. The lowest BCUT2D eigenvalue weighted by Gasteiger charge is -2.28. The zero-order valence-corrected chi connectivity index (χ0v) is 8.21. The molecule has 0 aromatic carbocycles. The van der Waals surface area contributed by atoms with Crippen molar-refractivity contribution >= 4 is 0 Å². The van der Waals surface area contributed by atoms with Gasteiger partial charge >= 0.3 is 0 Å². The minimum atomic E-state index is -0.400. The second kappa shape index (κ2) is 3.53. The van der Waals surface area contributed by atoms with Crippen LogP contribution in [0.15, 0.2) is 0 Å². The van der Waals surface area contributed by atoms with Gasteiger partial charge in [-0.1, -0.05) is 0 Å². The average Bonchev–Trinajstić information content (AvgIpc) is 2.27. The molecule has 0 bridgehead atoms. The molecule has 0 amide bonds. The molecular weight excluding hydrogens is 170 g/mol. The van der Waals surface area contributed by atoms with Crippen LogP contribution in [0.3, 0.4) is 0 Å². The molecule has 2 fully saturated rings. The SMILES string of the molecule is CC1(C)OCC(CNC2COC2)O1. The van der Waals surface area contributed by atoms with E-state index in [9.17, 15) is 0 Å². The van der Waals surface area contributed by atoms with Gasteiger partial charge in [-0.25, -0.2) is 0 Å². The molecule has 0 spiro atoms. The Morgan fingerprint density at radius 3 is 2.54 bits per heavy atom. The largest absolute Gasteiger partial charge is 0.378 e. The summed E-state index contributed by atoms with van der Waals surface area (Å²) in [5, 5.41) is 3.37. The molecule has 0 radical (unpaired) electrons. The summed E-state index contributed by atoms with van der Waals surface area (Å²) in [4.78, 5) is 0. The molecule has 0 aromatic heterocycles. The van der Waals surface area contributed by atoms with Crippen LogP contribution >= 0.6 is 0 Å². The number of hydrogen-bond acceptors (Lipinski definition) is 4. The number of ether oxygens (including phenoxy) is 3. The lowest BCUT2D eigenvalue weighted by molar-refractivity contribution is -0.138. The monoisotopic (exact) mass is 187 g/mol. The molecule has 0 aliphatic carbocycles. The summed E-state index contributed by atoms with van der Waals surface area (Å²) in [6.07, 6.45) is 0.190. The quantitative estimate of drug-likeness (QED) is 0.681. The van der Waals surface area contributed by atoms with Crippen LogP contribution in [0.25, 0.3) is 0 Å². The van der Waals surface area contributed by atoms with E-state index in [2.05, 4.69) is 5.32 Å². The smallest absolute Gasteiger partial charge is 0.163 e. The van der Waals surface area contributed by atoms with Crippen molar-refractivity contribution in [3.8, 4) is 0 Å². The highest BCUT2D eigenvalue weighted by atomic mass is 16.7. The van der Waals surface area contributed by atoms with E-state index in [-0.39, 0.29) is 6.10 Å². The van der Waals surface area contributed by atoms with Crippen LogP contribution in [0.5, 0.6) is 0 Å². The highest BCUT2D eigenvalue weighted by molar-refractivity contribution is 4.78. The Labute approximate surface area is 78.5 Å². The van der Waals surface area contributed by atoms with Gasteiger partial charge in [0.25, 0.3) is 0 Å². The van der Waals surface area contributed by atoms with Crippen LogP contribution < -0.4 is 5.32 Å². The molecule has 0 saturated carbocycles. The maximum absolute atomic E-state index is 5.64. The summed E-state index contributed by atoms with van der Waals surface area (Å²) < 4.78 is 16.1. The highest BCUT2D eigenvalue weighted by Gasteiger charge is 2.33. The molecule has 2 saturated heterocycles. The van der Waals surface area contributed by atoms with Gasteiger partial charge in [-0.2, -0.15) is 0 Å². The van der Waals surface area contributed by atoms with Gasteiger partial charge in [0.15, 0.2) is 5.79 Å². The predicted molar refractivity (Wildman–Crippen MR) is 47.5 cm³/mol. The number of nitrogens with one attached hydrogen (secondary N) is 1. The van der Waals surface area contributed by atoms with Crippen molar-refractivity contribution in [2.75, 3.05) is 26.4 Å². The summed E-state index contributed by atoms with van der Waals surface area (Å²) in [6, 6.07) is 0.521. The summed E-state index contributed by atoms with van der Waals surface area (Å²) in [5.41, 5.74) is 0. The molecule has 2 heterocycles. The molecule has 76 valence electrons. The Hall–Kier alpha value is -0.160. The molecule has 2 aliphatic rings. The second-order valence-corrected chi connectivity index (χ2v) is 4.09. The van der Waals surface area contributed by atoms with E-state index in [1.54, 1.807) is 0 Å². The number of hydrogen-bond donors (Lipinski definition) is 1.